The molecule has 2 rings (SSSR count). The minimum atomic E-state index is -3.46. The lowest BCUT2D eigenvalue weighted by molar-refractivity contribution is 0.183. The third-order valence-corrected chi connectivity index (χ3v) is 3.58. The Hall–Kier alpha value is -2.07. The van der Waals surface area contributed by atoms with Crippen molar-refractivity contribution in [3.05, 3.63) is 24.3 Å². The lowest BCUT2D eigenvalue weighted by Gasteiger charge is -2.08. The summed E-state index contributed by atoms with van der Waals surface area (Å²) in [4.78, 5) is 12.7. The monoisotopic (exact) mass is 266 g/mol. The Morgan fingerprint density at radius 3 is 2.72 bits per heavy atom. The fourth-order valence-corrected chi connectivity index (χ4v) is 2.25. The lowest BCUT2D eigenvalue weighted by Crippen LogP contribution is -2.19. The van der Waals surface area contributed by atoms with Gasteiger partial charge in [0.15, 0.2) is 15.6 Å². The summed E-state index contributed by atoms with van der Waals surface area (Å²) in [6, 6.07) is 7.32. The Kier molecular flexibility index (Phi) is 2.97. The zero-order chi connectivity index (χ0) is 13.3. The van der Waals surface area contributed by atoms with Crippen molar-refractivity contribution in [2.75, 3.05) is 12.8 Å². The quantitative estimate of drug-likeness (QED) is 0.739. The highest BCUT2D eigenvalue weighted by atomic mass is 32.2. The van der Waals surface area contributed by atoms with Crippen molar-refractivity contribution >= 4 is 15.9 Å². The van der Waals surface area contributed by atoms with Gasteiger partial charge in [0.2, 0.25) is 0 Å². The SMILES string of the molecule is CS(=O)(=O)c1ccccc1OC(=O)N1CC1C#N. The molecule has 1 atom stereocenters. The summed E-state index contributed by atoms with van der Waals surface area (Å²) >= 11 is 0. The van der Waals surface area contributed by atoms with Gasteiger partial charge in [0, 0.05) is 6.26 Å². The number of sulfone groups is 1. The third-order valence-electron chi connectivity index (χ3n) is 2.44. The Balaban J connectivity index is 2.21. The first-order chi connectivity index (χ1) is 8.43. The van der Waals surface area contributed by atoms with E-state index in [-0.39, 0.29) is 10.6 Å². The highest BCUT2D eigenvalue weighted by Crippen LogP contribution is 2.26. The van der Waals surface area contributed by atoms with Crippen LogP contribution in [0.5, 0.6) is 5.75 Å². The molecule has 1 aromatic rings. The van der Waals surface area contributed by atoms with Crippen LogP contribution in [0.1, 0.15) is 0 Å². The van der Waals surface area contributed by atoms with Crippen molar-refractivity contribution in [2.45, 2.75) is 10.9 Å². The van der Waals surface area contributed by atoms with Crippen LogP contribution in [0.4, 0.5) is 4.79 Å². The number of ether oxygens (including phenoxy) is 1. The molecular formula is C11H10N2O4S. The largest absolute Gasteiger partial charge is 0.416 e. The van der Waals surface area contributed by atoms with Crippen molar-refractivity contribution in [2.24, 2.45) is 0 Å². The van der Waals surface area contributed by atoms with Crippen LogP contribution < -0.4 is 4.74 Å². The number of carbonyl (C=O) groups excluding carboxylic acids is 1. The summed E-state index contributed by atoms with van der Waals surface area (Å²) in [5.41, 5.74) is 0. The Morgan fingerprint density at radius 1 is 1.50 bits per heavy atom. The van der Waals surface area contributed by atoms with E-state index in [1.807, 2.05) is 6.07 Å². The summed E-state index contributed by atoms with van der Waals surface area (Å²) in [5.74, 6) is -0.0198. The minimum absolute atomic E-state index is 0.0198. The molecule has 1 aliphatic rings. The fraction of sp³-hybridized carbons (Fsp3) is 0.273. The molecule has 0 N–H and O–H groups in total. The van der Waals surface area contributed by atoms with Crippen molar-refractivity contribution in [3.63, 3.8) is 0 Å². The molecule has 1 unspecified atom stereocenters. The molecule has 18 heavy (non-hydrogen) atoms. The van der Waals surface area contributed by atoms with Gasteiger partial charge in [-0.05, 0) is 12.1 Å². The van der Waals surface area contributed by atoms with E-state index in [0.29, 0.717) is 6.54 Å². The number of hydrogen-bond acceptors (Lipinski definition) is 5. The predicted molar refractivity (Wildman–Crippen MR) is 61.7 cm³/mol. The molecule has 0 saturated carbocycles. The highest BCUT2D eigenvalue weighted by Gasteiger charge is 2.40. The molecule has 1 heterocycles. The lowest BCUT2D eigenvalue weighted by atomic mass is 10.3. The standard InChI is InChI=1S/C11H10N2O4S/c1-18(15,16)10-5-3-2-4-9(10)17-11(14)13-7-8(13)6-12/h2-5,8H,7H2,1H3. The van der Waals surface area contributed by atoms with Crippen LogP contribution in [-0.2, 0) is 9.84 Å². The average molecular weight is 266 g/mol. The smallest absolute Gasteiger partial charge is 0.409 e. The molecule has 0 aliphatic carbocycles. The maximum Gasteiger partial charge on any atom is 0.416 e. The van der Waals surface area contributed by atoms with Gasteiger partial charge in [-0.1, -0.05) is 12.1 Å². The fourth-order valence-electron chi connectivity index (χ4n) is 1.44. The van der Waals surface area contributed by atoms with Gasteiger partial charge >= 0.3 is 6.09 Å². The van der Waals surface area contributed by atoms with Gasteiger partial charge in [-0.15, -0.1) is 0 Å². The summed E-state index contributed by atoms with van der Waals surface area (Å²) in [6.07, 6.45) is 0.326. The van der Waals surface area contributed by atoms with Crippen molar-refractivity contribution in [3.8, 4) is 11.8 Å². The van der Waals surface area contributed by atoms with E-state index in [1.165, 1.54) is 17.0 Å². The first-order valence-electron chi connectivity index (χ1n) is 5.10. The van der Waals surface area contributed by atoms with Gasteiger partial charge in [0.05, 0.1) is 12.6 Å². The van der Waals surface area contributed by atoms with Crippen LogP contribution in [0.3, 0.4) is 0 Å². The van der Waals surface area contributed by atoms with E-state index in [2.05, 4.69) is 0 Å². The van der Waals surface area contributed by atoms with Gasteiger partial charge in [0.25, 0.3) is 0 Å². The van der Waals surface area contributed by atoms with Crippen LogP contribution >= 0.6 is 0 Å². The number of benzene rings is 1. The topological polar surface area (TPSA) is 87.2 Å². The zero-order valence-corrected chi connectivity index (χ0v) is 10.3. The van der Waals surface area contributed by atoms with Crippen molar-refractivity contribution in [1.82, 2.24) is 4.90 Å². The van der Waals surface area contributed by atoms with Crippen molar-refractivity contribution < 1.29 is 17.9 Å². The number of rotatable bonds is 2. The van der Waals surface area contributed by atoms with Gasteiger partial charge < -0.3 is 4.74 Å². The summed E-state index contributed by atoms with van der Waals surface area (Å²) in [7, 11) is -3.46. The molecule has 0 aromatic heterocycles. The maximum absolute atomic E-state index is 11.6. The zero-order valence-electron chi connectivity index (χ0n) is 9.53. The Bertz CT molecular complexity index is 633. The molecule has 0 spiro atoms. The van der Waals surface area contributed by atoms with Crippen molar-refractivity contribution in [1.29, 1.82) is 5.26 Å². The van der Waals surface area contributed by atoms with Crippen LogP contribution in [0.15, 0.2) is 29.2 Å². The molecule has 6 nitrogen and oxygen atoms in total. The molecule has 1 amide bonds. The Labute approximate surface area is 104 Å². The van der Waals surface area contributed by atoms with Crippen LogP contribution in [-0.4, -0.2) is 38.3 Å². The summed E-state index contributed by atoms with van der Waals surface area (Å²) in [5, 5.41) is 8.58. The number of amides is 1. The number of hydrogen-bond donors (Lipinski definition) is 0. The van der Waals surface area contributed by atoms with E-state index >= 15 is 0 Å². The van der Waals surface area contributed by atoms with E-state index in [0.717, 1.165) is 6.26 Å². The maximum atomic E-state index is 11.6. The molecule has 1 aliphatic heterocycles. The average Bonchev–Trinajstić information content (AvgIpc) is 3.07. The first kappa shape index (κ1) is 12.4. The summed E-state index contributed by atoms with van der Waals surface area (Å²) < 4.78 is 28.0. The second-order valence-corrected chi connectivity index (χ2v) is 5.87. The molecule has 1 fully saturated rings. The second kappa shape index (κ2) is 4.31. The van der Waals surface area contributed by atoms with Gasteiger partial charge in [-0.2, -0.15) is 5.26 Å². The first-order valence-corrected chi connectivity index (χ1v) is 7.00. The predicted octanol–water partition coefficient (Wildman–Crippen LogP) is 0.797. The van der Waals surface area contributed by atoms with Crippen LogP contribution in [0.25, 0.3) is 0 Å². The molecule has 7 heteroatoms. The number of nitrogens with zero attached hydrogens (tertiary/aromatic N) is 2. The normalized spacial score (nSPS) is 18.0. The van der Waals surface area contributed by atoms with E-state index in [4.69, 9.17) is 10.00 Å². The number of nitriles is 1. The van der Waals surface area contributed by atoms with E-state index < -0.39 is 22.0 Å². The molecule has 94 valence electrons. The minimum Gasteiger partial charge on any atom is -0.409 e. The molecule has 1 aromatic carbocycles. The van der Waals surface area contributed by atoms with E-state index in [1.54, 1.807) is 12.1 Å². The van der Waals surface area contributed by atoms with Gasteiger partial charge in [-0.25, -0.2) is 13.2 Å². The summed E-state index contributed by atoms with van der Waals surface area (Å²) in [6.45, 7) is 0.316. The van der Waals surface area contributed by atoms with E-state index in [9.17, 15) is 13.2 Å². The number of para-hydroxylation sites is 1. The van der Waals surface area contributed by atoms with Gasteiger partial charge in [0.1, 0.15) is 10.9 Å². The van der Waals surface area contributed by atoms with Gasteiger partial charge in [-0.3, -0.25) is 4.90 Å². The number of carbonyl (C=O) groups is 1. The second-order valence-electron chi connectivity index (χ2n) is 3.88. The van der Waals surface area contributed by atoms with Crippen LogP contribution in [0.2, 0.25) is 0 Å². The molecule has 0 bridgehead atoms. The molecule has 0 radical (unpaired) electrons. The van der Waals surface area contributed by atoms with Crippen LogP contribution in [0, 0.1) is 11.3 Å². The highest BCUT2D eigenvalue weighted by molar-refractivity contribution is 7.90. The Morgan fingerprint density at radius 2 is 2.17 bits per heavy atom. The molecular weight excluding hydrogens is 256 g/mol. The third kappa shape index (κ3) is 2.43. The molecule has 1 saturated heterocycles.